The Morgan fingerprint density at radius 2 is 2.03 bits per heavy atom. The molecule has 2 aromatic heterocycles. The number of nitrogens with one attached hydrogen (secondary N) is 1. The first-order valence-corrected chi connectivity index (χ1v) is 12.2. The van der Waals surface area contributed by atoms with Crippen molar-refractivity contribution in [1.82, 2.24) is 4.98 Å². The summed E-state index contributed by atoms with van der Waals surface area (Å²) in [5.74, 6) is 1.14. The minimum Gasteiger partial charge on any atom is -0.493 e. The van der Waals surface area contributed by atoms with Gasteiger partial charge in [-0.3, -0.25) is 14.9 Å². The van der Waals surface area contributed by atoms with Gasteiger partial charge in [0.2, 0.25) is 5.91 Å². The Bertz CT molecular complexity index is 1210. The number of thiazole rings is 1. The Kier molecular flexibility index (Phi) is 7.13. The van der Waals surface area contributed by atoms with Gasteiger partial charge in [-0.05, 0) is 51.7 Å². The van der Waals surface area contributed by atoms with E-state index in [2.05, 4.69) is 16.4 Å². The lowest BCUT2D eigenvalue weighted by molar-refractivity contribution is -0.142. The van der Waals surface area contributed by atoms with E-state index < -0.39 is 0 Å². The number of benzene rings is 1. The number of aromatic nitrogens is 1. The Morgan fingerprint density at radius 1 is 1.21 bits per heavy atom. The topological polar surface area (TPSA) is 90.7 Å². The summed E-state index contributed by atoms with van der Waals surface area (Å²) in [6, 6.07) is 4.01. The smallest absolute Gasteiger partial charge is 0.311 e. The van der Waals surface area contributed by atoms with E-state index in [-0.39, 0.29) is 18.3 Å². The molecule has 0 unspecified atom stereocenters. The van der Waals surface area contributed by atoms with Crippen molar-refractivity contribution in [2.45, 2.75) is 52.9 Å². The standard InChI is InChI=1S/C25H28N2O5S/c1-4-30-21-13-22-19(17-8-6-7-9-20(17)32-22)12-18(21)15(3)10-23(28)27-25-26-16(14-33-25)11-24(29)31-5-2/h10,12-14H,4-9,11H2,1-3H3,(H,26,27,28)/b15-10+. The molecule has 0 radical (unpaired) electrons. The van der Waals surface area contributed by atoms with E-state index >= 15 is 0 Å². The van der Waals surface area contributed by atoms with Crippen LogP contribution in [0.2, 0.25) is 0 Å². The minimum atomic E-state index is -0.336. The molecule has 1 N–H and O–H groups in total. The molecule has 0 saturated carbocycles. The highest BCUT2D eigenvalue weighted by atomic mass is 32.1. The summed E-state index contributed by atoms with van der Waals surface area (Å²) < 4.78 is 16.9. The first kappa shape index (κ1) is 23.0. The van der Waals surface area contributed by atoms with Crippen molar-refractivity contribution in [2.75, 3.05) is 18.5 Å². The lowest BCUT2D eigenvalue weighted by Gasteiger charge is -2.12. The highest BCUT2D eigenvalue weighted by Crippen LogP contribution is 2.38. The number of furan rings is 1. The number of fused-ring (bicyclic) bond motifs is 3. The van der Waals surface area contributed by atoms with Crippen LogP contribution in [0.25, 0.3) is 16.5 Å². The fourth-order valence-corrected chi connectivity index (χ4v) is 4.81. The van der Waals surface area contributed by atoms with Gasteiger partial charge in [-0.1, -0.05) is 0 Å². The average Bonchev–Trinajstić information content (AvgIpc) is 3.36. The molecule has 174 valence electrons. The molecule has 0 atom stereocenters. The number of esters is 1. The van der Waals surface area contributed by atoms with Gasteiger partial charge in [0, 0.05) is 40.5 Å². The van der Waals surface area contributed by atoms with Gasteiger partial charge in [-0.15, -0.1) is 11.3 Å². The molecule has 1 aliphatic carbocycles. The first-order valence-electron chi connectivity index (χ1n) is 11.3. The molecule has 0 aliphatic heterocycles. The number of hydrogen-bond acceptors (Lipinski definition) is 7. The maximum atomic E-state index is 12.7. The lowest BCUT2D eigenvalue weighted by atomic mass is 9.94. The Hall–Kier alpha value is -3.13. The predicted octanol–water partition coefficient (Wildman–Crippen LogP) is 5.31. The van der Waals surface area contributed by atoms with Crippen LogP contribution >= 0.6 is 11.3 Å². The molecule has 1 aromatic carbocycles. The van der Waals surface area contributed by atoms with E-state index in [1.165, 1.54) is 16.9 Å². The molecule has 0 spiro atoms. The SMILES string of the molecule is CCOC(=O)Cc1csc(NC(=O)/C=C(\C)c2cc3c4c(oc3cc2OCC)CCCC4)n1. The monoisotopic (exact) mass is 468 g/mol. The van der Waals surface area contributed by atoms with Gasteiger partial charge in [0.1, 0.15) is 17.1 Å². The molecule has 8 heteroatoms. The number of anilines is 1. The predicted molar refractivity (Wildman–Crippen MR) is 129 cm³/mol. The molecule has 33 heavy (non-hydrogen) atoms. The summed E-state index contributed by atoms with van der Waals surface area (Å²) in [5.41, 5.74) is 4.34. The molecule has 0 bridgehead atoms. The van der Waals surface area contributed by atoms with Crippen LogP contribution in [0.5, 0.6) is 5.75 Å². The number of rotatable bonds is 8. The second-order valence-corrected chi connectivity index (χ2v) is 8.79. The number of allylic oxidation sites excluding steroid dienone is 1. The second kappa shape index (κ2) is 10.2. The average molecular weight is 469 g/mol. The second-order valence-electron chi connectivity index (χ2n) is 7.93. The Labute approximate surface area is 196 Å². The van der Waals surface area contributed by atoms with Crippen LogP contribution in [0.15, 0.2) is 28.0 Å². The Morgan fingerprint density at radius 3 is 2.82 bits per heavy atom. The number of nitrogens with zero attached hydrogens (tertiary/aromatic N) is 1. The fourth-order valence-electron chi connectivity index (χ4n) is 4.09. The quantitative estimate of drug-likeness (QED) is 0.356. The highest BCUT2D eigenvalue weighted by Gasteiger charge is 2.20. The van der Waals surface area contributed by atoms with Crippen LogP contribution in [0.1, 0.15) is 56.2 Å². The van der Waals surface area contributed by atoms with Crippen molar-refractivity contribution in [3.63, 3.8) is 0 Å². The van der Waals surface area contributed by atoms with Crippen molar-refractivity contribution in [2.24, 2.45) is 0 Å². The number of amides is 1. The van der Waals surface area contributed by atoms with E-state index in [0.717, 1.165) is 53.5 Å². The Balaban J connectivity index is 1.55. The van der Waals surface area contributed by atoms with Crippen LogP contribution in [-0.2, 0) is 33.6 Å². The molecule has 2 heterocycles. The zero-order valence-electron chi connectivity index (χ0n) is 19.2. The summed E-state index contributed by atoms with van der Waals surface area (Å²) in [6.07, 6.45) is 5.91. The van der Waals surface area contributed by atoms with Gasteiger partial charge in [0.25, 0.3) is 0 Å². The van der Waals surface area contributed by atoms with Gasteiger partial charge in [0.05, 0.1) is 25.3 Å². The largest absolute Gasteiger partial charge is 0.493 e. The van der Waals surface area contributed by atoms with E-state index in [1.54, 1.807) is 18.4 Å². The molecule has 1 aliphatic rings. The van der Waals surface area contributed by atoms with Crippen molar-refractivity contribution in [3.8, 4) is 5.75 Å². The van der Waals surface area contributed by atoms with Gasteiger partial charge >= 0.3 is 5.97 Å². The van der Waals surface area contributed by atoms with Gasteiger partial charge in [0.15, 0.2) is 5.13 Å². The summed E-state index contributed by atoms with van der Waals surface area (Å²) in [4.78, 5) is 28.6. The van der Waals surface area contributed by atoms with Crippen molar-refractivity contribution >= 4 is 44.9 Å². The summed E-state index contributed by atoms with van der Waals surface area (Å²) in [6.45, 7) is 6.43. The normalized spacial score (nSPS) is 13.6. The zero-order chi connectivity index (χ0) is 23.4. The summed E-state index contributed by atoms with van der Waals surface area (Å²) in [5, 5.41) is 6.06. The van der Waals surface area contributed by atoms with Gasteiger partial charge < -0.3 is 13.9 Å². The van der Waals surface area contributed by atoms with E-state index in [9.17, 15) is 9.59 Å². The maximum Gasteiger partial charge on any atom is 0.311 e. The van der Waals surface area contributed by atoms with Crippen LogP contribution < -0.4 is 10.1 Å². The van der Waals surface area contributed by atoms with Crippen LogP contribution in [0.4, 0.5) is 5.13 Å². The number of aryl methyl sites for hydroxylation is 2. The summed E-state index contributed by atoms with van der Waals surface area (Å²) in [7, 11) is 0. The van der Waals surface area contributed by atoms with E-state index in [4.69, 9.17) is 13.9 Å². The number of hydrogen-bond donors (Lipinski definition) is 1. The maximum absolute atomic E-state index is 12.7. The van der Waals surface area contributed by atoms with E-state index in [1.807, 2.05) is 19.9 Å². The highest BCUT2D eigenvalue weighted by molar-refractivity contribution is 7.14. The third-order valence-electron chi connectivity index (χ3n) is 5.54. The van der Waals surface area contributed by atoms with Gasteiger partial charge in [-0.2, -0.15) is 0 Å². The molecule has 3 aromatic rings. The third-order valence-corrected chi connectivity index (χ3v) is 6.35. The van der Waals surface area contributed by atoms with Crippen LogP contribution in [-0.4, -0.2) is 30.1 Å². The molecule has 0 saturated heterocycles. The van der Waals surface area contributed by atoms with Crippen LogP contribution in [0, 0.1) is 0 Å². The third kappa shape index (κ3) is 5.27. The molecule has 7 nitrogen and oxygen atoms in total. The lowest BCUT2D eigenvalue weighted by Crippen LogP contribution is -2.10. The van der Waals surface area contributed by atoms with Crippen molar-refractivity contribution in [3.05, 3.63) is 46.2 Å². The van der Waals surface area contributed by atoms with Crippen molar-refractivity contribution < 1.29 is 23.5 Å². The minimum absolute atomic E-state index is 0.0851. The number of ether oxygens (including phenoxy) is 2. The molecule has 1 amide bonds. The zero-order valence-corrected chi connectivity index (χ0v) is 20.0. The van der Waals surface area contributed by atoms with Crippen molar-refractivity contribution in [1.29, 1.82) is 0 Å². The number of carbonyl (C=O) groups excluding carboxylic acids is 2. The molecular formula is C25H28N2O5S. The molecule has 4 rings (SSSR count). The van der Waals surface area contributed by atoms with E-state index in [0.29, 0.717) is 29.8 Å². The molecular weight excluding hydrogens is 440 g/mol. The fraction of sp³-hybridized carbons (Fsp3) is 0.400. The summed E-state index contributed by atoms with van der Waals surface area (Å²) >= 11 is 1.27. The molecule has 0 fully saturated rings. The number of carbonyl (C=O) groups is 2. The van der Waals surface area contributed by atoms with Gasteiger partial charge in [-0.25, -0.2) is 4.98 Å². The van der Waals surface area contributed by atoms with Crippen LogP contribution in [0.3, 0.4) is 0 Å². The first-order chi connectivity index (χ1) is 16.0.